The van der Waals surface area contributed by atoms with Gasteiger partial charge in [0.25, 0.3) is 0 Å². The van der Waals surface area contributed by atoms with Crippen LogP contribution >= 0.6 is 0 Å². The summed E-state index contributed by atoms with van der Waals surface area (Å²) in [7, 11) is 0. The van der Waals surface area contributed by atoms with Gasteiger partial charge in [-0.2, -0.15) is 0 Å². The molecule has 2 heterocycles. The fourth-order valence-corrected chi connectivity index (χ4v) is 4.78. The number of hydrogen-bond donors (Lipinski definition) is 3. The van der Waals surface area contributed by atoms with E-state index in [0.717, 1.165) is 18.4 Å². The van der Waals surface area contributed by atoms with Crippen molar-refractivity contribution in [3.63, 3.8) is 0 Å². The summed E-state index contributed by atoms with van der Waals surface area (Å²) in [6.45, 7) is 0.725. The number of urea groups is 1. The molecule has 8 nitrogen and oxygen atoms in total. The maximum absolute atomic E-state index is 12.6. The average Bonchev–Trinajstić information content (AvgIpc) is 3.29. The minimum absolute atomic E-state index is 0.0263. The van der Waals surface area contributed by atoms with Crippen molar-refractivity contribution >= 4 is 29.5 Å². The van der Waals surface area contributed by atoms with Crippen LogP contribution in [0.2, 0.25) is 0 Å². The van der Waals surface area contributed by atoms with Crippen molar-refractivity contribution < 1.29 is 24.3 Å². The Morgan fingerprint density at radius 2 is 2.00 bits per heavy atom. The molecule has 0 bridgehead atoms. The molecule has 1 aromatic carbocycles. The van der Waals surface area contributed by atoms with E-state index in [1.54, 1.807) is 17.0 Å². The van der Waals surface area contributed by atoms with E-state index in [1.807, 2.05) is 12.1 Å². The third-order valence-corrected chi connectivity index (χ3v) is 6.34. The molecule has 3 atom stereocenters. The highest BCUT2D eigenvalue weighted by Crippen LogP contribution is 2.48. The molecular weight excluding hydrogens is 362 g/mol. The number of carboxylic acids is 1. The summed E-state index contributed by atoms with van der Waals surface area (Å²) >= 11 is 0. The lowest BCUT2D eigenvalue weighted by Gasteiger charge is -2.23. The van der Waals surface area contributed by atoms with Crippen molar-refractivity contribution in [2.75, 3.05) is 18.4 Å². The van der Waals surface area contributed by atoms with Gasteiger partial charge >= 0.3 is 12.0 Å². The minimum atomic E-state index is -0.802. The first-order valence-corrected chi connectivity index (χ1v) is 9.59. The van der Waals surface area contributed by atoms with Crippen LogP contribution in [0, 0.1) is 17.3 Å². The Labute approximate surface area is 162 Å². The van der Waals surface area contributed by atoms with Crippen LogP contribution in [0.25, 0.3) is 0 Å². The third kappa shape index (κ3) is 3.23. The van der Waals surface area contributed by atoms with Gasteiger partial charge in [0.05, 0.1) is 11.3 Å². The Morgan fingerprint density at radius 1 is 1.25 bits per heavy atom. The van der Waals surface area contributed by atoms with E-state index in [4.69, 9.17) is 0 Å². The van der Waals surface area contributed by atoms with E-state index in [9.17, 15) is 24.3 Å². The number of carbonyl (C=O) groups excluding carboxylic acids is 3. The predicted molar refractivity (Wildman–Crippen MR) is 99.4 cm³/mol. The van der Waals surface area contributed by atoms with Gasteiger partial charge in [0.1, 0.15) is 0 Å². The fourth-order valence-electron chi connectivity index (χ4n) is 4.78. The molecule has 0 aromatic heterocycles. The van der Waals surface area contributed by atoms with E-state index >= 15 is 0 Å². The zero-order valence-corrected chi connectivity index (χ0v) is 15.4. The normalized spacial score (nSPS) is 28.9. The predicted octanol–water partition coefficient (Wildman–Crippen LogP) is 1.61. The SMILES string of the molecule is O=C1CC(Cc2ccc(NC(=O)N3C[C@@H]4CCC[C@@]4(C(=O)O)C3)cc2)C(=O)N1. The molecule has 148 valence electrons. The van der Waals surface area contributed by atoms with Crippen LogP contribution in [-0.4, -0.2) is 46.9 Å². The van der Waals surface area contributed by atoms with E-state index in [2.05, 4.69) is 10.6 Å². The fraction of sp³-hybridized carbons (Fsp3) is 0.500. The van der Waals surface area contributed by atoms with Gasteiger partial charge < -0.3 is 15.3 Å². The molecule has 3 aliphatic rings. The summed E-state index contributed by atoms with van der Waals surface area (Å²) in [5, 5.41) is 14.8. The van der Waals surface area contributed by atoms with Crippen molar-refractivity contribution in [2.24, 2.45) is 17.3 Å². The summed E-state index contributed by atoms with van der Waals surface area (Å²) in [5.74, 6) is -1.60. The van der Waals surface area contributed by atoms with Gasteiger partial charge in [-0.15, -0.1) is 0 Å². The van der Waals surface area contributed by atoms with Gasteiger partial charge in [-0.1, -0.05) is 18.6 Å². The quantitative estimate of drug-likeness (QED) is 0.681. The average molecular weight is 385 g/mol. The van der Waals surface area contributed by atoms with E-state index < -0.39 is 11.4 Å². The Morgan fingerprint density at radius 3 is 2.61 bits per heavy atom. The second kappa shape index (κ2) is 6.92. The molecular formula is C20H23N3O5. The number of aliphatic carboxylic acids is 1. The molecule has 1 aliphatic carbocycles. The molecule has 0 radical (unpaired) electrons. The van der Waals surface area contributed by atoms with Crippen molar-refractivity contribution in [1.29, 1.82) is 0 Å². The summed E-state index contributed by atoms with van der Waals surface area (Å²) in [4.78, 5) is 48.9. The topological polar surface area (TPSA) is 116 Å². The molecule has 2 aliphatic heterocycles. The molecule has 1 saturated carbocycles. The first-order valence-electron chi connectivity index (χ1n) is 9.59. The molecule has 8 heteroatoms. The second-order valence-electron chi connectivity index (χ2n) is 8.08. The summed E-state index contributed by atoms with van der Waals surface area (Å²) in [5.41, 5.74) is 0.732. The highest BCUT2D eigenvalue weighted by Gasteiger charge is 2.55. The highest BCUT2D eigenvalue weighted by atomic mass is 16.4. The van der Waals surface area contributed by atoms with Crippen LogP contribution in [0.1, 0.15) is 31.2 Å². The van der Waals surface area contributed by atoms with E-state index in [0.29, 0.717) is 25.1 Å². The minimum Gasteiger partial charge on any atom is -0.481 e. The molecule has 3 N–H and O–H groups in total. The van der Waals surface area contributed by atoms with Crippen molar-refractivity contribution in [2.45, 2.75) is 32.1 Å². The van der Waals surface area contributed by atoms with E-state index in [1.165, 1.54) is 0 Å². The zero-order valence-electron chi connectivity index (χ0n) is 15.4. The molecule has 1 aromatic rings. The lowest BCUT2D eigenvalue weighted by Crippen LogP contribution is -2.38. The van der Waals surface area contributed by atoms with Crippen molar-refractivity contribution in [3.05, 3.63) is 29.8 Å². The van der Waals surface area contributed by atoms with E-state index in [-0.39, 0.29) is 42.6 Å². The number of nitrogens with zero attached hydrogens (tertiary/aromatic N) is 1. The maximum atomic E-state index is 12.6. The van der Waals surface area contributed by atoms with Crippen LogP contribution in [0.4, 0.5) is 10.5 Å². The number of carbonyl (C=O) groups is 4. The molecule has 1 unspecified atom stereocenters. The van der Waals surface area contributed by atoms with Crippen LogP contribution < -0.4 is 10.6 Å². The number of anilines is 1. The first-order chi connectivity index (χ1) is 13.4. The number of carboxylic acid groups (broad SMARTS) is 1. The van der Waals surface area contributed by atoms with Gasteiger partial charge in [-0.05, 0) is 42.9 Å². The zero-order chi connectivity index (χ0) is 19.9. The Kier molecular flexibility index (Phi) is 4.56. The molecule has 3 fully saturated rings. The number of fused-ring (bicyclic) bond motifs is 1. The number of nitrogens with one attached hydrogen (secondary N) is 2. The van der Waals surface area contributed by atoms with Gasteiger partial charge in [0.2, 0.25) is 11.8 Å². The molecule has 0 spiro atoms. The molecule has 2 saturated heterocycles. The van der Waals surface area contributed by atoms with Crippen LogP contribution in [0.3, 0.4) is 0 Å². The van der Waals surface area contributed by atoms with Crippen molar-refractivity contribution in [1.82, 2.24) is 10.2 Å². The monoisotopic (exact) mass is 385 g/mol. The number of likely N-dealkylation sites (tertiary alicyclic amines) is 1. The van der Waals surface area contributed by atoms with Crippen LogP contribution in [0.15, 0.2) is 24.3 Å². The first kappa shape index (κ1) is 18.5. The maximum Gasteiger partial charge on any atom is 0.321 e. The third-order valence-electron chi connectivity index (χ3n) is 6.34. The number of amides is 4. The van der Waals surface area contributed by atoms with Gasteiger partial charge in [0, 0.05) is 25.2 Å². The Balaban J connectivity index is 1.36. The van der Waals surface area contributed by atoms with Crippen LogP contribution in [-0.2, 0) is 20.8 Å². The highest BCUT2D eigenvalue weighted by molar-refractivity contribution is 6.03. The number of benzene rings is 1. The Bertz CT molecular complexity index is 837. The van der Waals surface area contributed by atoms with Crippen molar-refractivity contribution in [3.8, 4) is 0 Å². The molecule has 4 amide bonds. The summed E-state index contributed by atoms with van der Waals surface area (Å²) < 4.78 is 0. The summed E-state index contributed by atoms with van der Waals surface area (Å²) in [6.07, 6.45) is 3.06. The van der Waals surface area contributed by atoms with Gasteiger partial charge in [0.15, 0.2) is 0 Å². The van der Waals surface area contributed by atoms with Gasteiger partial charge in [-0.25, -0.2) is 4.79 Å². The standard InChI is InChI=1S/C20H23N3O5/c24-16-9-13(17(25)22-16)8-12-3-5-15(6-4-12)21-19(28)23-10-14-2-1-7-20(14,11-23)18(26)27/h3-6,13-14H,1-2,7-11H2,(H,21,28)(H,26,27)(H,22,24,25)/t13?,14-,20+/m0/s1. The van der Waals surface area contributed by atoms with Gasteiger partial charge in [-0.3, -0.25) is 19.7 Å². The number of imide groups is 1. The largest absolute Gasteiger partial charge is 0.481 e. The summed E-state index contributed by atoms with van der Waals surface area (Å²) in [6, 6.07) is 6.87. The molecule has 4 rings (SSSR count). The lowest BCUT2D eigenvalue weighted by molar-refractivity contribution is -0.149. The lowest BCUT2D eigenvalue weighted by atomic mass is 9.81. The number of rotatable bonds is 4. The Hall–Kier alpha value is -2.90. The number of hydrogen-bond acceptors (Lipinski definition) is 4. The molecule has 28 heavy (non-hydrogen) atoms. The van der Waals surface area contributed by atoms with Crippen LogP contribution in [0.5, 0.6) is 0 Å². The smallest absolute Gasteiger partial charge is 0.321 e. The second-order valence-corrected chi connectivity index (χ2v) is 8.08.